The van der Waals surface area contributed by atoms with Crippen LogP contribution in [0.25, 0.3) is 0 Å². The van der Waals surface area contributed by atoms with Crippen LogP contribution >= 0.6 is 0 Å². The first-order valence-corrected chi connectivity index (χ1v) is 5.67. The summed E-state index contributed by atoms with van der Waals surface area (Å²) >= 11 is 0. The van der Waals surface area contributed by atoms with Crippen molar-refractivity contribution in [1.29, 1.82) is 0 Å². The molecule has 1 amide bonds. The first-order valence-electron chi connectivity index (χ1n) is 5.67. The SMILES string of the molecule is CCOCCOc1ccc(C(=O)N(C)C)cc1. The molecular formula is C13H19NO3. The summed E-state index contributed by atoms with van der Waals surface area (Å²) in [5.74, 6) is 0.742. The molecule has 4 heteroatoms. The number of carbonyl (C=O) groups is 1. The van der Waals surface area contributed by atoms with Crippen LogP contribution in [0.2, 0.25) is 0 Å². The van der Waals surface area contributed by atoms with Gasteiger partial charge in [0.05, 0.1) is 6.61 Å². The molecule has 0 radical (unpaired) electrons. The molecule has 1 aromatic carbocycles. The lowest BCUT2D eigenvalue weighted by Gasteiger charge is -2.11. The molecule has 94 valence electrons. The zero-order valence-corrected chi connectivity index (χ0v) is 10.6. The third kappa shape index (κ3) is 4.44. The van der Waals surface area contributed by atoms with Crippen molar-refractivity contribution in [2.45, 2.75) is 6.92 Å². The Morgan fingerprint density at radius 2 is 1.82 bits per heavy atom. The van der Waals surface area contributed by atoms with E-state index in [2.05, 4.69) is 0 Å². The lowest BCUT2D eigenvalue weighted by molar-refractivity contribution is 0.0827. The standard InChI is InChI=1S/C13H19NO3/c1-4-16-9-10-17-12-7-5-11(6-8-12)13(15)14(2)3/h5-8H,4,9-10H2,1-3H3. The number of benzene rings is 1. The molecule has 0 N–H and O–H groups in total. The second-order valence-corrected chi connectivity index (χ2v) is 3.77. The Hall–Kier alpha value is -1.55. The molecule has 0 aliphatic heterocycles. The summed E-state index contributed by atoms with van der Waals surface area (Å²) in [6.07, 6.45) is 0. The van der Waals surface area contributed by atoms with Gasteiger partial charge in [0.2, 0.25) is 0 Å². The van der Waals surface area contributed by atoms with E-state index in [4.69, 9.17) is 9.47 Å². The van der Waals surface area contributed by atoms with Crippen LogP contribution in [0, 0.1) is 0 Å². The summed E-state index contributed by atoms with van der Waals surface area (Å²) < 4.78 is 10.6. The summed E-state index contributed by atoms with van der Waals surface area (Å²) in [7, 11) is 3.46. The van der Waals surface area contributed by atoms with Crippen molar-refractivity contribution in [3.63, 3.8) is 0 Å². The fourth-order valence-corrected chi connectivity index (χ4v) is 1.31. The monoisotopic (exact) mass is 237 g/mol. The molecule has 0 atom stereocenters. The number of hydrogen-bond acceptors (Lipinski definition) is 3. The highest BCUT2D eigenvalue weighted by Crippen LogP contribution is 2.12. The molecule has 0 aliphatic carbocycles. The Morgan fingerprint density at radius 3 is 2.35 bits per heavy atom. The van der Waals surface area contributed by atoms with E-state index < -0.39 is 0 Å². The van der Waals surface area contributed by atoms with E-state index in [0.29, 0.717) is 25.4 Å². The smallest absolute Gasteiger partial charge is 0.253 e. The van der Waals surface area contributed by atoms with Crippen molar-refractivity contribution in [3.8, 4) is 5.75 Å². The van der Waals surface area contributed by atoms with Crippen LogP contribution < -0.4 is 4.74 Å². The van der Waals surface area contributed by atoms with Gasteiger partial charge in [0, 0.05) is 26.3 Å². The summed E-state index contributed by atoms with van der Waals surface area (Å²) in [5, 5.41) is 0. The van der Waals surface area contributed by atoms with E-state index in [-0.39, 0.29) is 5.91 Å². The van der Waals surface area contributed by atoms with Gasteiger partial charge in [-0.2, -0.15) is 0 Å². The number of ether oxygens (including phenoxy) is 2. The van der Waals surface area contributed by atoms with Crippen LogP contribution in [-0.2, 0) is 4.74 Å². The van der Waals surface area contributed by atoms with Crippen molar-refractivity contribution in [2.75, 3.05) is 33.9 Å². The molecule has 1 rings (SSSR count). The van der Waals surface area contributed by atoms with E-state index in [1.165, 1.54) is 0 Å². The molecular weight excluding hydrogens is 218 g/mol. The van der Waals surface area contributed by atoms with Crippen molar-refractivity contribution in [2.24, 2.45) is 0 Å². The van der Waals surface area contributed by atoms with Crippen LogP contribution in [0.4, 0.5) is 0 Å². The third-order valence-electron chi connectivity index (χ3n) is 2.21. The first-order chi connectivity index (χ1) is 8.15. The third-order valence-corrected chi connectivity index (χ3v) is 2.21. The summed E-state index contributed by atoms with van der Waals surface area (Å²) in [5.41, 5.74) is 0.659. The molecule has 0 saturated carbocycles. The molecule has 0 heterocycles. The maximum Gasteiger partial charge on any atom is 0.253 e. The molecule has 17 heavy (non-hydrogen) atoms. The average molecular weight is 237 g/mol. The highest BCUT2D eigenvalue weighted by atomic mass is 16.5. The van der Waals surface area contributed by atoms with E-state index in [0.717, 1.165) is 5.75 Å². The van der Waals surface area contributed by atoms with Crippen molar-refractivity contribution < 1.29 is 14.3 Å². The Balaban J connectivity index is 2.47. The molecule has 0 bridgehead atoms. The van der Waals surface area contributed by atoms with Crippen molar-refractivity contribution in [3.05, 3.63) is 29.8 Å². The summed E-state index contributed by atoms with van der Waals surface area (Å²) in [6.45, 7) is 3.74. The minimum atomic E-state index is -0.00846. The van der Waals surface area contributed by atoms with Crippen molar-refractivity contribution in [1.82, 2.24) is 4.90 Å². The number of carbonyl (C=O) groups excluding carboxylic acids is 1. The second kappa shape index (κ2) is 6.91. The van der Waals surface area contributed by atoms with Crippen LogP contribution in [-0.4, -0.2) is 44.7 Å². The number of hydrogen-bond donors (Lipinski definition) is 0. The Labute approximate surface area is 102 Å². The second-order valence-electron chi connectivity index (χ2n) is 3.77. The van der Waals surface area contributed by atoms with Gasteiger partial charge in [-0.25, -0.2) is 0 Å². The normalized spacial score (nSPS) is 10.1. The minimum absolute atomic E-state index is 0.00846. The van der Waals surface area contributed by atoms with Crippen LogP contribution in [0.15, 0.2) is 24.3 Å². The van der Waals surface area contributed by atoms with Gasteiger partial charge in [-0.3, -0.25) is 4.79 Å². The van der Waals surface area contributed by atoms with Gasteiger partial charge in [-0.05, 0) is 31.2 Å². The quantitative estimate of drug-likeness (QED) is 0.708. The van der Waals surface area contributed by atoms with Gasteiger partial charge in [0.1, 0.15) is 12.4 Å². The number of nitrogens with zero attached hydrogens (tertiary/aromatic N) is 1. The molecule has 0 spiro atoms. The Kier molecular flexibility index (Phi) is 5.49. The van der Waals surface area contributed by atoms with Gasteiger partial charge in [-0.15, -0.1) is 0 Å². The Bertz CT molecular complexity index is 346. The van der Waals surface area contributed by atoms with Gasteiger partial charge in [-0.1, -0.05) is 0 Å². The van der Waals surface area contributed by atoms with Crippen LogP contribution in [0.5, 0.6) is 5.75 Å². The fourth-order valence-electron chi connectivity index (χ4n) is 1.31. The predicted octanol–water partition coefficient (Wildman–Crippen LogP) is 1.80. The van der Waals surface area contributed by atoms with E-state index in [9.17, 15) is 4.79 Å². The maximum atomic E-state index is 11.6. The molecule has 1 aromatic rings. The highest BCUT2D eigenvalue weighted by Gasteiger charge is 2.07. The molecule has 0 aromatic heterocycles. The minimum Gasteiger partial charge on any atom is -0.491 e. The summed E-state index contributed by atoms with van der Waals surface area (Å²) in [4.78, 5) is 13.2. The van der Waals surface area contributed by atoms with Crippen LogP contribution in [0.3, 0.4) is 0 Å². The number of rotatable bonds is 6. The van der Waals surface area contributed by atoms with E-state index in [1.54, 1.807) is 43.3 Å². The fraction of sp³-hybridized carbons (Fsp3) is 0.462. The summed E-state index contributed by atoms with van der Waals surface area (Å²) in [6, 6.07) is 7.11. The zero-order valence-electron chi connectivity index (χ0n) is 10.6. The van der Waals surface area contributed by atoms with E-state index >= 15 is 0 Å². The maximum absolute atomic E-state index is 11.6. The van der Waals surface area contributed by atoms with Gasteiger partial charge in [0.25, 0.3) is 5.91 Å². The predicted molar refractivity (Wildman–Crippen MR) is 66.4 cm³/mol. The molecule has 4 nitrogen and oxygen atoms in total. The lowest BCUT2D eigenvalue weighted by Crippen LogP contribution is -2.21. The molecule has 0 unspecified atom stereocenters. The van der Waals surface area contributed by atoms with Gasteiger partial charge >= 0.3 is 0 Å². The first kappa shape index (κ1) is 13.5. The van der Waals surface area contributed by atoms with Gasteiger partial charge in [0.15, 0.2) is 0 Å². The lowest BCUT2D eigenvalue weighted by atomic mass is 10.2. The molecule has 0 aliphatic rings. The topological polar surface area (TPSA) is 38.8 Å². The van der Waals surface area contributed by atoms with Gasteiger partial charge < -0.3 is 14.4 Å². The zero-order chi connectivity index (χ0) is 12.7. The average Bonchev–Trinajstić information content (AvgIpc) is 2.34. The molecule has 0 fully saturated rings. The van der Waals surface area contributed by atoms with Crippen molar-refractivity contribution >= 4 is 5.91 Å². The number of amides is 1. The van der Waals surface area contributed by atoms with Crippen LogP contribution in [0.1, 0.15) is 17.3 Å². The molecule has 0 saturated heterocycles. The highest BCUT2D eigenvalue weighted by molar-refractivity contribution is 5.93. The largest absolute Gasteiger partial charge is 0.491 e. The Morgan fingerprint density at radius 1 is 1.18 bits per heavy atom. The van der Waals surface area contributed by atoms with E-state index in [1.807, 2.05) is 6.92 Å².